The number of aromatic nitrogens is 2. The molecule has 0 unspecified atom stereocenters. The predicted octanol–water partition coefficient (Wildman–Crippen LogP) is 2.90. The van der Waals surface area contributed by atoms with Gasteiger partial charge in [0, 0.05) is 21.6 Å². The van der Waals surface area contributed by atoms with Crippen molar-refractivity contribution >= 4 is 33.2 Å². The van der Waals surface area contributed by atoms with E-state index < -0.39 is 5.97 Å². The van der Waals surface area contributed by atoms with Crippen LogP contribution in [0, 0.1) is 6.92 Å². The number of carbonyl (C=O) groups is 1. The Hall–Kier alpha value is -1.27. The quantitative estimate of drug-likeness (QED) is 0.946. The van der Waals surface area contributed by atoms with Gasteiger partial charge in [-0.15, -0.1) is 11.3 Å². The van der Waals surface area contributed by atoms with Crippen molar-refractivity contribution in [3.8, 4) is 10.6 Å². The van der Waals surface area contributed by atoms with Gasteiger partial charge in [-0.25, -0.2) is 9.97 Å². The molecule has 2 rings (SSSR count). The van der Waals surface area contributed by atoms with E-state index in [1.807, 2.05) is 11.4 Å². The van der Waals surface area contributed by atoms with Crippen LogP contribution in [0.4, 0.5) is 0 Å². The number of aryl methyl sites for hydroxylation is 1. The minimum absolute atomic E-state index is 0.0644. The monoisotopic (exact) mass is 312 g/mol. The van der Waals surface area contributed by atoms with Crippen LogP contribution in [0.15, 0.2) is 22.1 Å². The fraction of sp³-hybridized carbons (Fsp3) is 0.182. The van der Waals surface area contributed by atoms with E-state index in [2.05, 4.69) is 25.9 Å². The molecule has 2 heterocycles. The molecule has 88 valence electrons. The fourth-order valence-electron chi connectivity index (χ4n) is 1.44. The van der Waals surface area contributed by atoms with Crippen LogP contribution in [0.2, 0.25) is 0 Å². The largest absolute Gasteiger partial charge is 0.481 e. The van der Waals surface area contributed by atoms with E-state index in [4.69, 9.17) is 5.11 Å². The fourth-order valence-corrected chi connectivity index (χ4v) is 2.89. The summed E-state index contributed by atoms with van der Waals surface area (Å²) in [5.41, 5.74) is 1.34. The van der Waals surface area contributed by atoms with Crippen molar-refractivity contribution in [3.05, 3.63) is 33.5 Å². The Balaban J connectivity index is 2.50. The van der Waals surface area contributed by atoms with Gasteiger partial charge >= 0.3 is 5.97 Å². The molecular weight excluding hydrogens is 304 g/mol. The molecule has 0 saturated carbocycles. The van der Waals surface area contributed by atoms with Gasteiger partial charge in [0.15, 0.2) is 0 Å². The highest BCUT2D eigenvalue weighted by molar-refractivity contribution is 9.10. The van der Waals surface area contributed by atoms with Crippen molar-refractivity contribution in [2.45, 2.75) is 13.3 Å². The van der Waals surface area contributed by atoms with Crippen molar-refractivity contribution in [1.29, 1.82) is 0 Å². The van der Waals surface area contributed by atoms with Crippen LogP contribution in [0.25, 0.3) is 10.6 Å². The summed E-state index contributed by atoms with van der Waals surface area (Å²) in [6.45, 7) is 1.79. The molecule has 6 heteroatoms. The number of hydrogen-bond donors (Lipinski definition) is 1. The topological polar surface area (TPSA) is 63.1 Å². The number of hydrogen-bond acceptors (Lipinski definition) is 4. The Morgan fingerprint density at radius 1 is 1.59 bits per heavy atom. The maximum absolute atomic E-state index is 10.8. The second-order valence-corrected chi connectivity index (χ2v) is 5.32. The molecule has 0 aliphatic rings. The van der Waals surface area contributed by atoms with Gasteiger partial charge in [0.1, 0.15) is 5.82 Å². The van der Waals surface area contributed by atoms with Crippen LogP contribution in [0.5, 0.6) is 0 Å². The van der Waals surface area contributed by atoms with Crippen LogP contribution in [-0.4, -0.2) is 21.0 Å². The molecule has 0 amide bonds. The van der Waals surface area contributed by atoms with Gasteiger partial charge in [0.25, 0.3) is 0 Å². The third-order valence-corrected chi connectivity index (χ3v) is 3.83. The molecule has 2 aromatic rings. The first-order chi connectivity index (χ1) is 8.06. The summed E-state index contributed by atoms with van der Waals surface area (Å²) in [6, 6.07) is 1.93. The van der Waals surface area contributed by atoms with E-state index >= 15 is 0 Å². The molecular formula is C11H9BrN2O2S. The Morgan fingerprint density at radius 3 is 2.94 bits per heavy atom. The minimum atomic E-state index is -0.880. The Labute approximate surface area is 110 Å². The average molecular weight is 313 g/mol. The average Bonchev–Trinajstić information content (AvgIpc) is 2.67. The zero-order valence-corrected chi connectivity index (χ0v) is 11.4. The number of thiophene rings is 1. The summed E-state index contributed by atoms with van der Waals surface area (Å²) < 4.78 is 0.968. The van der Waals surface area contributed by atoms with Gasteiger partial charge in [-0.2, -0.15) is 0 Å². The van der Waals surface area contributed by atoms with Gasteiger partial charge in [-0.1, -0.05) is 0 Å². The van der Waals surface area contributed by atoms with Gasteiger partial charge in [0.05, 0.1) is 17.0 Å². The number of aliphatic carboxylic acids is 1. The molecule has 1 N–H and O–H groups in total. The van der Waals surface area contributed by atoms with Gasteiger partial charge in [-0.05, 0) is 28.9 Å². The van der Waals surface area contributed by atoms with Gasteiger partial charge in [0.2, 0.25) is 0 Å². The maximum Gasteiger partial charge on any atom is 0.307 e. The third-order valence-electron chi connectivity index (χ3n) is 2.13. The molecule has 17 heavy (non-hydrogen) atoms. The molecule has 0 bridgehead atoms. The Kier molecular flexibility index (Phi) is 3.54. The summed E-state index contributed by atoms with van der Waals surface area (Å²) in [7, 11) is 0. The number of rotatable bonds is 3. The summed E-state index contributed by atoms with van der Waals surface area (Å²) >= 11 is 4.90. The highest BCUT2D eigenvalue weighted by atomic mass is 79.9. The Bertz CT molecular complexity index is 568. The van der Waals surface area contributed by atoms with E-state index in [9.17, 15) is 4.79 Å². The number of nitrogens with zero attached hydrogens (tertiary/aromatic N) is 2. The molecule has 0 fully saturated rings. The van der Waals surface area contributed by atoms with Crippen LogP contribution in [0.3, 0.4) is 0 Å². The van der Waals surface area contributed by atoms with E-state index in [-0.39, 0.29) is 6.42 Å². The van der Waals surface area contributed by atoms with Crippen molar-refractivity contribution in [2.24, 2.45) is 0 Å². The van der Waals surface area contributed by atoms with Crippen molar-refractivity contribution in [3.63, 3.8) is 0 Å². The maximum atomic E-state index is 10.8. The van der Waals surface area contributed by atoms with Crippen molar-refractivity contribution in [2.75, 3.05) is 0 Å². The molecule has 0 aliphatic heterocycles. The highest BCUT2D eigenvalue weighted by Crippen LogP contribution is 2.30. The SMILES string of the molecule is Cc1ncc(CC(=O)O)c(-c2cc(Br)cs2)n1. The van der Waals surface area contributed by atoms with Crippen LogP contribution in [-0.2, 0) is 11.2 Å². The minimum Gasteiger partial charge on any atom is -0.481 e. The molecule has 0 spiro atoms. The molecule has 0 atom stereocenters. The number of halogens is 1. The van der Waals surface area contributed by atoms with Gasteiger partial charge < -0.3 is 5.11 Å². The molecule has 2 aromatic heterocycles. The van der Waals surface area contributed by atoms with Crippen LogP contribution in [0.1, 0.15) is 11.4 Å². The number of carboxylic acid groups (broad SMARTS) is 1. The molecule has 4 nitrogen and oxygen atoms in total. The zero-order valence-electron chi connectivity index (χ0n) is 8.98. The summed E-state index contributed by atoms with van der Waals surface area (Å²) in [5, 5.41) is 10.8. The lowest BCUT2D eigenvalue weighted by atomic mass is 10.1. The Morgan fingerprint density at radius 2 is 2.35 bits per heavy atom. The first-order valence-electron chi connectivity index (χ1n) is 4.85. The first-order valence-corrected chi connectivity index (χ1v) is 6.52. The summed E-state index contributed by atoms with van der Waals surface area (Å²) in [6.07, 6.45) is 1.52. The third kappa shape index (κ3) is 2.89. The molecule has 0 saturated heterocycles. The van der Waals surface area contributed by atoms with Gasteiger partial charge in [-0.3, -0.25) is 4.79 Å². The molecule has 0 radical (unpaired) electrons. The second kappa shape index (κ2) is 4.93. The number of carboxylic acids is 1. The lowest BCUT2D eigenvalue weighted by Crippen LogP contribution is -2.04. The standard InChI is InChI=1S/C11H9BrN2O2S/c1-6-13-4-7(2-10(15)16)11(14-6)9-3-8(12)5-17-9/h3-5H,2H2,1H3,(H,15,16). The molecule has 0 aromatic carbocycles. The second-order valence-electron chi connectivity index (χ2n) is 3.49. The molecule has 0 aliphatic carbocycles. The van der Waals surface area contributed by atoms with E-state index in [0.29, 0.717) is 17.1 Å². The van der Waals surface area contributed by atoms with Crippen LogP contribution >= 0.6 is 27.3 Å². The van der Waals surface area contributed by atoms with E-state index in [0.717, 1.165) is 9.35 Å². The highest BCUT2D eigenvalue weighted by Gasteiger charge is 2.13. The van der Waals surface area contributed by atoms with Crippen LogP contribution < -0.4 is 0 Å². The normalized spacial score (nSPS) is 10.5. The van der Waals surface area contributed by atoms with Crippen molar-refractivity contribution in [1.82, 2.24) is 9.97 Å². The lowest BCUT2D eigenvalue weighted by molar-refractivity contribution is -0.136. The van der Waals surface area contributed by atoms with E-state index in [1.165, 1.54) is 11.3 Å². The smallest absolute Gasteiger partial charge is 0.307 e. The van der Waals surface area contributed by atoms with E-state index in [1.54, 1.807) is 13.1 Å². The zero-order chi connectivity index (χ0) is 12.4. The lowest BCUT2D eigenvalue weighted by Gasteiger charge is -2.05. The first kappa shape index (κ1) is 12.2. The van der Waals surface area contributed by atoms with Crippen molar-refractivity contribution < 1.29 is 9.90 Å². The predicted molar refractivity (Wildman–Crippen MR) is 69.1 cm³/mol. The summed E-state index contributed by atoms with van der Waals surface area (Å²) in [5.74, 6) is -0.243. The summed E-state index contributed by atoms with van der Waals surface area (Å²) in [4.78, 5) is 20.1.